The molecule has 6 nitrogen and oxygen atoms in total. The lowest BCUT2D eigenvalue weighted by Crippen LogP contribution is -2.47. The SMILES string of the molecule is CCN1CCN(c2ccc(CNC(=O)C3(c4ccc(Br)cc4)CCOCC3)cn2)CC1. The summed E-state index contributed by atoms with van der Waals surface area (Å²) >= 11 is 3.49. The Hall–Kier alpha value is -1.96. The summed E-state index contributed by atoms with van der Waals surface area (Å²) < 4.78 is 6.58. The third-order valence-electron chi connectivity index (χ3n) is 6.58. The monoisotopic (exact) mass is 486 g/mol. The number of ether oxygens (including phenoxy) is 1. The van der Waals surface area contributed by atoms with Crippen LogP contribution in [-0.4, -0.2) is 61.7 Å². The molecule has 2 fully saturated rings. The van der Waals surface area contributed by atoms with Crippen LogP contribution in [-0.2, 0) is 21.5 Å². The van der Waals surface area contributed by atoms with E-state index in [4.69, 9.17) is 4.74 Å². The van der Waals surface area contributed by atoms with Crippen molar-refractivity contribution in [3.8, 4) is 0 Å². The molecule has 1 N–H and O–H groups in total. The van der Waals surface area contributed by atoms with E-state index in [9.17, 15) is 4.79 Å². The zero-order valence-electron chi connectivity index (χ0n) is 18.1. The molecule has 0 spiro atoms. The van der Waals surface area contributed by atoms with Crippen molar-refractivity contribution in [2.45, 2.75) is 31.7 Å². The molecule has 1 aromatic carbocycles. The minimum Gasteiger partial charge on any atom is -0.381 e. The van der Waals surface area contributed by atoms with Gasteiger partial charge in [0, 0.05) is 56.6 Å². The van der Waals surface area contributed by atoms with Gasteiger partial charge in [0.15, 0.2) is 0 Å². The van der Waals surface area contributed by atoms with E-state index < -0.39 is 5.41 Å². The topological polar surface area (TPSA) is 57.7 Å². The van der Waals surface area contributed by atoms with E-state index >= 15 is 0 Å². The lowest BCUT2D eigenvalue weighted by atomic mass is 9.73. The second kappa shape index (κ2) is 10.1. The van der Waals surface area contributed by atoms with Gasteiger partial charge in [-0.2, -0.15) is 0 Å². The van der Waals surface area contributed by atoms with Gasteiger partial charge in [-0.05, 0) is 48.7 Å². The number of aromatic nitrogens is 1. The van der Waals surface area contributed by atoms with Gasteiger partial charge in [-0.3, -0.25) is 4.79 Å². The van der Waals surface area contributed by atoms with Gasteiger partial charge < -0.3 is 19.9 Å². The van der Waals surface area contributed by atoms with Gasteiger partial charge in [-0.15, -0.1) is 0 Å². The number of hydrogen-bond donors (Lipinski definition) is 1. The Balaban J connectivity index is 1.39. The van der Waals surface area contributed by atoms with Crippen molar-refractivity contribution in [3.63, 3.8) is 0 Å². The van der Waals surface area contributed by atoms with Crippen molar-refractivity contribution in [1.82, 2.24) is 15.2 Å². The Morgan fingerprint density at radius 2 is 1.81 bits per heavy atom. The van der Waals surface area contributed by atoms with Gasteiger partial charge >= 0.3 is 0 Å². The number of pyridine rings is 1. The van der Waals surface area contributed by atoms with E-state index in [1.165, 1.54) is 0 Å². The molecule has 2 saturated heterocycles. The molecule has 31 heavy (non-hydrogen) atoms. The molecule has 0 aliphatic carbocycles. The zero-order chi connectivity index (χ0) is 21.7. The van der Waals surface area contributed by atoms with Crippen LogP contribution in [0.3, 0.4) is 0 Å². The molecule has 0 unspecified atom stereocenters. The predicted molar refractivity (Wildman–Crippen MR) is 126 cm³/mol. The Kier molecular flexibility index (Phi) is 7.25. The smallest absolute Gasteiger partial charge is 0.231 e. The molecule has 3 heterocycles. The van der Waals surface area contributed by atoms with E-state index in [0.717, 1.165) is 54.1 Å². The lowest BCUT2D eigenvalue weighted by Gasteiger charge is -2.36. The number of benzene rings is 1. The number of halogens is 1. The minimum absolute atomic E-state index is 0.0675. The van der Waals surface area contributed by atoms with Gasteiger partial charge in [-0.1, -0.05) is 41.1 Å². The molecule has 2 aliphatic rings. The molecule has 2 aromatic rings. The Morgan fingerprint density at radius 3 is 2.42 bits per heavy atom. The van der Waals surface area contributed by atoms with Crippen LogP contribution in [0.4, 0.5) is 5.82 Å². The number of piperazine rings is 1. The van der Waals surface area contributed by atoms with Crippen LogP contribution >= 0.6 is 15.9 Å². The summed E-state index contributed by atoms with van der Waals surface area (Å²) in [5, 5.41) is 3.17. The third kappa shape index (κ3) is 5.10. The normalized spacial score (nSPS) is 19.2. The largest absolute Gasteiger partial charge is 0.381 e. The van der Waals surface area contributed by atoms with E-state index in [0.29, 0.717) is 32.6 Å². The first-order valence-electron chi connectivity index (χ1n) is 11.1. The molecule has 0 saturated carbocycles. The third-order valence-corrected chi connectivity index (χ3v) is 7.11. The van der Waals surface area contributed by atoms with Crippen molar-refractivity contribution in [3.05, 3.63) is 58.2 Å². The molecular formula is C24H31BrN4O2. The summed E-state index contributed by atoms with van der Waals surface area (Å²) in [5.41, 5.74) is 1.53. The quantitative estimate of drug-likeness (QED) is 0.678. The second-order valence-electron chi connectivity index (χ2n) is 8.33. The Morgan fingerprint density at radius 1 is 1.10 bits per heavy atom. The van der Waals surface area contributed by atoms with Crippen molar-refractivity contribution in [2.24, 2.45) is 0 Å². The predicted octanol–water partition coefficient (Wildman–Crippen LogP) is 3.35. The van der Waals surface area contributed by atoms with Crippen LogP contribution < -0.4 is 10.2 Å². The van der Waals surface area contributed by atoms with Gasteiger partial charge in [0.05, 0.1) is 5.41 Å². The highest BCUT2D eigenvalue weighted by Gasteiger charge is 2.41. The molecule has 2 aliphatic heterocycles. The number of hydrogen-bond acceptors (Lipinski definition) is 5. The highest BCUT2D eigenvalue weighted by molar-refractivity contribution is 9.10. The van der Waals surface area contributed by atoms with E-state index in [2.05, 4.69) is 55.1 Å². The van der Waals surface area contributed by atoms with Crippen molar-refractivity contribution in [2.75, 3.05) is 50.8 Å². The van der Waals surface area contributed by atoms with Gasteiger partial charge in [-0.25, -0.2) is 4.98 Å². The van der Waals surface area contributed by atoms with E-state index in [-0.39, 0.29) is 5.91 Å². The molecule has 0 bridgehead atoms. The number of anilines is 1. The fourth-order valence-electron chi connectivity index (χ4n) is 4.49. The first-order valence-corrected chi connectivity index (χ1v) is 11.9. The summed E-state index contributed by atoms with van der Waals surface area (Å²) in [6, 6.07) is 12.2. The molecule has 1 amide bonds. The lowest BCUT2D eigenvalue weighted by molar-refractivity contribution is -0.130. The second-order valence-corrected chi connectivity index (χ2v) is 9.25. The average Bonchev–Trinajstić information content (AvgIpc) is 2.84. The summed E-state index contributed by atoms with van der Waals surface area (Å²) in [6.45, 7) is 9.18. The molecular weight excluding hydrogens is 456 g/mol. The Labute approximate surface area is 193 Å². The minimum atomic E-state index is -0.536. The Bertz CT molecular complexity index is 858. The van der Waals surface area contributed by atoms with Crippen molar-refractivity contribution in [1.29, 1.82) is 0 Å². The van der Waals surface area contributed by atoms with Crippen LogP contribution in [0.25, 0.3) is 0 Å². The van der Waals surface area contributed by atoms with Crippen LogP contribution in [0.5, 0.6) is 0 Å². The van der Waals surface area contributed by atoms with Crippen LogP contribution in [0, 0.1) is 0 Å². The summed E-state index contributed by atoms with van der Waals surface area (Å²) in [5.74, 6) is 1.08. The van der Waals surface area contributed by atoms with Crippen LogP contribution in [0.15, 0.2) is 47.1 Å². The van der Waals surface area contributed by atoms with E-state index in [1.54, 1.807) is 0 Å². The summed E-state index contributed by atoms with van der Waals surface area (Å²) in [4.78, 5) is 22.8. The fraction of sp³-hybridized carbons (Fsp3) is 0.500. The highest BCUT2D eigenvalue weighted by atomic mass is 79.9. The standard InChI is InChI=1S/C24H31BrN4O2/c1-2-28-11-13-29(14-12-28)22-8-3-19(17-26-22)18-27-23(30)24(9-15-31-16-10-24)20-4-6-21(25)7-5-20/h3-8,17H,2,9-16,18H2,1H3,(H,27,30). The average molecular weight is 487 g/mol. The van der Waals surface area contributed by atoms with Crippen LogP contribution in [0.2, 0.25) is 0 Å². The molecule has 4 rings (SSSR count). The number of rotatable bonds is 6. The highest BCUT2D eigenvalue weighted by Crippen LogP contribution is 2.36. The maximum atomic E-state index is 13.3. The van der Waals surface area contributed by atoms with Gasteiger partial charge in [0.25, 0.3) is 0 Å². The molecule has 1 aromatic heterocycles. The van der Waals surface area contributed by atoms with Gasteiger partial charge in [0.1, 0.15) is 5.82 Å². The summed E-state index contributed by atoms with van der Waals surface area (Å²) in [7, 11) is 0. The van der Waals surface area contributed by atoms with Crippen molar-refractivity contribution >= 4 is 27.7 Å². The first kappa shape index (κ1) is 22.2. The number of carbonyl (C=O) groups excluding carboxylic acids is 1. The zero-order valence-corrected chi connectivity index (χ0v) is 19.7. The van der Waals surface area contributed by atoms with Crippen molar-refractivity contribution < 1.29 is 9.53 Å². The number of nitrogens with zero attached hydrogens (tertiary/aromatic N) is 3. The molecule has 166 valence electrons. The molecule has 0 atom stereocenters. The number of carbonyl (C=O) groups is 1. The van der Waals surface area contributed by atoms with E-state index in [1.807, 2.05) is 30.5 Å². The fourth-order valence-corrected chi connectivity index (χ4v) is 4.75. The summed E-state index contributed by atoms with van der Waals surface area (Å²) in [6.07, 6.45) is 3.28. The molecule has 0 radical (unpaired) electrons. The number of likely N-dealkylation sites (N-methyl/N-ethyl adjacent to an activating group) is 1. The molecule has 7 heteroatoms. The first-order chi connectivity index (χ1) is 15.1. The maximum Gasteiger partial charge on any atom is 0.231 e. The number of nitrogens with one attached hydrogen (secondary N) is 1. The maximum absolute atomic E-state index is 13.3. The van der Waals surface area contributed by atoms with Crippen LogP contribution in [0.1, 0.15) is 30.9 Å². The van der Waals surface area contributed by atoms with Gasteiger partial charge in [0.2, 0.25) is 5.91 Å². The number of amides is 1.